The number of rotatable bonds is 7. The van der Waals surface area contributed by atoms with Crippen LogP contribution in [-0.2, 0) is 14.3 Å². The Bertz CT molecular complexity index is 1780. The zero-order valence-electron chi connectivity index (χ0n) is 27.5. The van der Waals surface area contributed by atoms with E-state index in [2.05, 4.69) is 34.6 Å². The van der Waals surface area contributed by atoms with Gasteiger partial charge in [-0.15, -0.1) is 0 Å². The molecule has 0 radical (unpaired) electrons. The number of hydrogen-bond acceptors (Lipinski definition) is 8. The molecule has 234 valence electrons. The minimum absolute atomic E-state index is 0.0311. The third-order valence-corrected chi connectivity index (χ3v) is 10.2. The zero-order chi connectivity index (χ0) is 32.3. The molecule has 0 amide bonds. The molecule has 0 aromatic heterocycles. The van der Waals surface area contributed by atoms with Crippen LogP contribution in [0.3, 0.4) is 0 Å². The number of allylic oxidation sites excluding steroid dienone is 10. The summed E-state index contributed by atoms with van der Waals surface area (Å²) in [6, 6.07) is 0. The van der Waals surface area contributed by atoms with Crippen molar-refractivity contribution in [1.82, 2.24) is 0 Å². The molecule has 1 saturated carbocycles. The van der Waals surface area contributed by atoms with E-state index in [-0.39, 0.29) is 42.3 Å². The standard InChI is InChI=1S/C37H42N4O4/c1-9-17(3)33-19(5)27-15-30-34(21(7)42)20(6)26(39-30)14-25-18(4)23(11-12-32(44)45-8)36(40-25)24-13-31(43)35-22(10-2)28(41-37(24)35)16-29(33)38-27/h14-18,21,23,42H,9-13H2,1-8H3. The van der Waals surface area contributed by atoms with Gasteiger partial charge in [0.15, 0.2) is 5.78 Å². The van der Waals surface area contributed by atoms with Crippen LogP contribution in [0.4, 0.5) is 0 Å². The fourth-order valence-electron chi connectivity index (χ4n) is 7.50. The van der Waals surface area contributed by atoms with Crippen LogP contribution in [0.25, 0.3) is 0 Å². The summed E-state index contributed by atoms with van der Waals surface area (Å²) in [6.07, 6.45) is 7.96. The average molecular weight is 607 g/mol. The number of Topliss-reactive ketones (excluding diaryl/α,β-unsaturated/α-hetero) is 1. The van der Waals surface area contributed by atoms with E-state index >= 15 is 0 Å². The lowest BCUT2D eigenvalue weighted by molar-refractivity contribution is -0.140. The monoisotopic (exact) mass is 606 g/mol. The summed E-state index contributed by atoms with van der Waals surface area (Å²) in [5.41, 5.74) is 12.7. The molecule has 5 heterocycles. The number of aliphatic imine (C=N–C) groups is 4. The summed E-state index contributed by atoms with van der Waals surface area (Å²) in [7, 11) is 1.40. The SMILES string of the molecule is CCC1=C2C(=O)CC3=C4N=C(C=C5N=C(C=C6N=C(C=C1N=C32)C(C(C)CC)=C6C)C(C(C)O)=C5C)C(C)C4CCC(=O)OC. The van der Waals surface area contributed by atoms with Gasteiger partial charge in [0, 0.05) is 47.1 Å². The fourth-order valence-corrected chi connectivity index (χ4v) is 7.50. The van der Waals surface area contributed by atoms with Crippen molar-refractivity contribution >= 4 is 34.6 Å². The number of esters is 1. The highest BCUT2D eigenvalue weighted by Crippen LogP contribution is 2.46. The number of carbonyl (C=O) groups is 2. The van der Waals surface area contributed by atoms with Crippen LogP contribution >= 0.6 is 0 Å². The van der Waals surface area contributed by atoms with Gasteiger partial charge >= 0.3 is 5.97 Å². The highest BCUT2D eigenvalue weighted by Gasteiger charge is 2.43. The third kappa shape index (κ3) is 5.03. The van der Waals surface area contributed by atoms with Crippen molar-refractivity contribution in [2.75, 3.05) is 7.11 Å². The summed E-state index contributed by atoms with van der Waals surface area (Å²) >= 11 is 0. The van der Waals surface area contributed by atoms with E-state index in [1.165, 1.54) is 7.11 Å². The van der Waals surface area contributed by atoms with Gasteiger partial charge in [-0.2, -0.15) is 0 Å². The number of nitrogens with zero attached hydrogens (tertiary/aromatic N) is 4. The van der Waals surface area contributed by atoms with Gasteiger partial charge in [-0.05, 0) is 86.5 Å². The van der Waals surface area contributed by atoms with Gasteiger partial charge in [0.1, 0.15) is 0 Å². The van der Waals surface area contributed by atoms with Crippen LogP contribution in [0.5, 0.6) is 0 Å². The predicted molar refractivity (Wildman–Crippen MR) is 178 cm³/mol. The first-order valence-corrected chi connectivity index (χ1v) is 16.2. The molecule has 6 rings (SSSR count). The lowest BCUT2D eigenvalue weighted by Crippen LogP contribution is -2.17. The van der Waals surface area contributed by atoms with Crippen molar-refractivity contribution in [2.24, 2.45) is 37.7 Å². The van der Waals surface area contributed by atoms with Crippen LogP contribution < -0.4 is 0 Å². The summed E-state index contributed by atoms with van der Waals surface area (Å²) in [6.45, 7) is 14.4. The molecule has 1 N–H and O–H groups in total. The first-order valence-electron chi connectivity index (χ1n) is 16.2. The Kier molecular flexibility index (Phi) is 8.06. The predicted octanol–water partition coefficient (Wildman–Crippen LogP) is 6.67. The molecule has 8 nitrogen and oxygen atoms in total. The van der Waals surface area contributed by atoms with Crippen LogP contribution in [0.2, 0.25) is 0 Å². The van der Waals surface area contributed by atoms with E-state index in [1.807, 2.05) is 25.2 Å². The Morgan fingerprint density at radius 1 is 0.978 bits per heavy atom. The second kappa shape index (κ2) is 11.7. The van der Waals surface area contributed by atoms with E-state index in [0.717, 1.165) is 74.1 Å². The van der Waals surface area contributed by atoms with Crippen LogP contribution in [0.1, 0.15) is 80.6 Å². The molecule has 5 aliphatic heterocycles. The molecule has 8 heteroatoms. The van der Waals surface area contributed by atoms with Crippen molar-refractivity contribution < 1.29 is 19.4 Å². The largest absolute Gasteiger partial charge is 0.469 e. The van der Waals surface area contributed by atoms with E-state index in [0.29, 0.717) is 29.8 Å². The molecule has 4 atom stereocenters. The molecular weight excluding hydrogens is 564 g/mol. The van der Waals surface area contributed by atoms with E-state index in [1.54, 1.807) is 6.92 Å². The van der Waals surface area contributed by atoms with Gasteiger partial charge in [0.2, 0.25) is 0 Å². The fraction of sp³-hybridized carbons (Fsp3) is 0.459. The lowest BCUT2D eigenvalue weighted by atomic mass is 9.84. The Morgan fingerprint density at radius 2 is 1.62 bits per heavy atom. The maximum Gasteiger partial charge on any atom is 0.305 e. The maximum absolute atomic E-state index is 13.7. The van der Waals surface area contributed by atoms with Gasteiger partial charge in [0.05, 0.1) is 53.1 Å². The molecule has 6 aliphatic rings. The molecule has 0 aromatic carbocycles. The number of aliphatic hydroxyl groups excluding tert-OH is 1. The van der Waals surface area contributed by atoms with E-state index in [9.17, 15) is 14.7 Å². The molecular formula is C37H42N4O4. The number of aliphatic hydroxyl groups is 1. The van der Waals surface area contributed by atoms with Crippen LogP contribution in [-0.4, -0.2) is 52.9 Å². The number of fused-ring (bicyclic) bond motifs is 4. The number of carbonyl (C=O) groups excluding carboxylic acids is 2. The molecule has 0 aromatic rings. The van der Waals surface area contributed by atoms with E-state index < -0.39 is 6.10 Å². The number of ketones is 1. The zero-order valence-corrected chi connectivity index (χ0v) is 27.5. The molecule has 1 aliphatic carbocycles. The van der Waals surface area contributed by atoms with Crippen molar-refractivity contribution in [3.8, 4) is 0 Å². The number of hydrogen-bond donors (Lipinski definition) is 1. The normalized spacial score (nSPS) is 25.4. The Hall–Kier alpha value is -4.04. The van der Waals surface area contributed by atoms with Gasteiger partial charge in [-0.1, -0.05) is 27.7 Å². The van der Waals surface area contributed by atoms with Gasteiger partial charge < -0.3 is 9.84 Å². The maximum atomic E-state index is 13.7. The number of methoxy groups -OCH3 is 1. The third-order valence-electron chi connectivity index (χ3n) is 10.2. The quantitative estimate of drug-likeness (QED) is 0.326. The first kappa shape index (κ1) is 31.0. The Labute approximate surface area is 265 Å². The topological polar surface area (TPSA) is 113 Å². The summed E-state index contributed by atoms with van der Waals surface area (Å²) in [5.74, 6) is -0.0727. The van der Waals surface area contributed by atoms with Crippen LogP contribution in [0.15, 0.2) is 100.0 Å². The van der Waals surface area contributed by atoms with Crippen molar-refractivity contribution in [1.29, 1.82) is 0 Å². The van der Waals surface area contributed by atoms with Crippen molar-refractivity contribution in [2.45, 2.75) is 86.7 Å². The summed E-state index contributed by atoms with van der Waals surface area (Å²) in [5, 5.41) is 10.9. The second-order valence-electron chi connectivity index (χ2n) is 12.8. The van der Waals surface area contributed by atoms with Crippen LogP contribution in [0, 0.1) is 17.8 Å². The van der Waals surface area contributed by atoms with Crippen molar-refractivity contribution in [3.63, 3.8) is 0 Å². The lowest BCUT2D eigenvalue weighted by Gasteiger charge is -2.18. The minimum atomic E-state index is -0.724. The summed E-state index contributed by atoms with van der Waals surface area (Å²) < 4.78 is 4.97. The smallest absolute Gasteiger partial charge is 0.305 e. The highest BCUT2D eigenvalue weighted by molar-refractivity contribution is 6.38. The average Bonchev–Trinajstić information content (AvgIpc) is 3.77. The second-order valence-corrected chi connectivity index (χ2v) is 12.8. The Morgan fingerprint density at radius 3 is 2.27 bits per heavy atom. The molecule has 0 saturated heterocycles. The minimum Gasteiger partial charge on any atom is -0.469 e. The summed E-state index contributed by atoms with van der Waals surface area (Å²) in [4.78, 5) is 46.4. The Balaban J connectivity index is 1.64. The first-order chi connectivity index (χ1) is 21.5. The molecule has 1 fully saturated rings. The van der Waals surface area contributed by atoms with E-state index in [4.69, 9.17) is 24.7 Å². The molecule has 4 unspecified atom stereocenters. The van der Waals surface area contributed by atoms with Gasteiger partial charge in [0.25, 0.3) is 0 Å². The van der Waals surface area contributed by atoms with Gasteiger partial charge in [-0.25, -0.2) is 15.0 Å². The molecule has 0 spiro atoms. The van der Waals surface area contributed by atoms with Gasteiger partial charge in [-0.3, -0.25) is 14.6 Å². The number of ether oxygens (including phenoxy) is 1. The molecule has 45 heavy (non-hydrogen) atoms. The van der Waals surface area contributed by atoms with Crippen molar-refractivity contribution in [3.05, 3.63) is 80.0 Å². The highest BCUT2D eigenvalue weighted by atomic mass is 16.5. The molecule has 8 bridgehead atoms.